The highest BCUT2D eigenvalue weighted by Crippen LogP contribution is 2.54. The Bertz CT molecular complexity index is 1850. The number of anilines is 1. The summed E-state index contributed by atoms with van der Waals surface area (Å²) in [5.74, 6) is 0.375. The molecule has 10 atom stereocenters. The van der Waals surface area contributed by atoms with E-state index in [1.54, 1.807) is 0 Å². The number of rotatable bonds is 0. The van der Waals surface area contributed by atoms with Crippen LogP contribution in [0.3, 0.4) is 0 Å². The normalized spacial score (nSPS) is 38.2. The van der Waals surface area contributed by atoms with Crippen LogP contribution in [0.5, 0.6) is 0 Å². The average molecular weight is 730 g/mol. The molecule has 5 aliphatic rings. The molecule has 4 aromatic heterocycles. The first-order valence-corrected chi connectivity index (χ1v) is 18.8. The summed E-state index contributed by atoms with van der Waals surface area (Å²) in [5, 5.41) is 3.16. The number of allylic oxidation sites excluding steroid dienone is 1. The Labute approximate surface area is 274 Å². The van der Waals surface area contributed by atoms with Crippen LogP contribution in [0.15, 0.2) is 37.5 Å². The Kier molecular flexibility index (Phi) is 8.36. The van der Waals surface area contributed by atoms with Crippen LogP contribution < -0.4 is 5.32 Å². The van der Waals surface area contributed by atoms with Crippen LogP contribution >= 0.6 is 14.5 Å². The van der Waals surface area contributed by atoms with Crippen molar-refractivity contribution in [2.75, 3.05) is 25.1 Å². The molecular formula is C25H27F2N9O9P2S. The Balaban J connectivity index is 1.21. The van der Waals surface area contributed by atoms with Gasteiger partial charge in [0.1, 0.15) is 42.6 Å². The van der Waals surface area contributed by atoms with E-state index in [0.717, 1.165) is 0 Å². The molecule has 48 heavy (non-hydrogen) atoms. The van der Waals surface area contributed by atoms with Gasteiger partial charge >= 0.3 is 14.5 Å². The summed E-state index contributed by atoms with van der Waals surface area (Å²) < 4.78 is 81.5. The number of nitrogens with one attached hydrogen (secondary N) is 1. The summed E-state index contributed by atoms with van der Waals surface area (Å²) in [6.07, 6.45) is -3.20. The minimum absolute atomic E-state index is 0.202. The van der Waals surface area contributed by atoms with Gasteiger partial charge in [0.25, 0.3) is 0 Å². The molecule has 5 aliphatic heterocycles. The quantitative estimate of drug-likeness (QED) is 0.175. The molecule has 0 amide bonds. The van der Waals surface area contributed by atoms with Crippen LogP contribution in [0, 0.1) is 0 Å². The van der Waals surface area contributed by atoms with Gasteiger partial charge in [-0.15, -0.1) is 0 Å². The molecule has 256 valence electrons. The number of phosphoric acid groups is 1. The number of hydrogen-bond donors (Lipinski definition) is 3. The van der Waals surface area contributed by atoms with Crippen LogP contribution in [0.1, 0.15) is 24.6 Å². The number of ether oxygens (including phenoxy) is 2. The van der Waals surface area contributed by atoms with Gasteiger partial charge in [0.15, 0.2) is 47.4 Å². The number of halogens is 2. The number of hydrogen-bond acceptors (Lipinski definition) is 15. The van der Waals surface area contributed by atoms with Crippen LogP contribution in [0.25, 0.3) is 22.3 Å². The van der Waals surface area contributed by atoms with Crippen molar-refractivity contribution in [1.29, 1.82) is 0 Å². The molecule has 2 unspecified atom stereocenters. The first-order chi connectivity index (χ1) is 23.1. The van der Waals surface area contributed by atoms with Crippen molar-refractivity contribution in [2.24, 2.45) is 0 Å². The first-order valence-electron chi connectivity index (χ1n) is 14.7. The summed E-state index contributed by atoms with van der Waals surface area (Å²) in [4.78, 5) is 47.6. The lowest BCUT2D eigenvalue weighted by molar-refractivity contribution is -0.0623. The van der Waals surface area contributed by atoms with E-state index in [4.69, 9.17) is 39.4 Å². The maximum absolute atomic E-state index is 16.2. The molecule has 14 bridgehead atoms. The lowest BCUT2D eigenvalue weighted by atomic mass is 10.1. The van der Waals surface area contributed by atoms with Gasteiger partial charge < -0.3 is 29.1 Å². The van der Waals surface area contributed by atoms with Crippen LogP contribution in [-0.4, -0.2) is 105 Å². The van der Waals surface area contributed by atoms with E-state index in [1.165, 1.54) is 34.4 Å². The maximum Gasteiger partial charge on any atom is 0.472 e. The summed E-state index contributed by atoms with van der Waals surface area (Å²) in [7, 11) is -5.06. The van der Waals surface area contributed by atoms with Crippen molar-refractivity contribution in [3.05, 3.63) is 43.2 Å². The van der Waals surface area contributed by atoms with Crippen LogP contribution in [0.2, 0.25) is 0 Å². The number of phosphoric ester groups is 1. The van der Waals surface area contributed by atoms with Gasteiger partial charge in [0, 0.05) is 6.54 Å². The molecular weight excluding hydrogens is 702 g/mol. The summed E-state index contributed by atoms with van der Waals surface area (Å²) in [5.41, 5.74) is 1.76. The molecule has 0 spiro atoms. The topological polar surface area (TPSA) is 212 Å². The molecule has 0 saturated carbocycles. The highest BCUT2D eigenvalue weighted by molar-refractivity contribution is 8.07. The van der Waals surface area contributed by atoms with Crippen molar-refractivity contribution in [3.63, 3.8) is 0 Å². The third-order valence-corrected chi connectivity index (χ3v) is 10.8. The SMILES string of the molecule is O=P1(O)OC[C@H]2O[C@@H]3[C@H](F)[C@@H]2OP(O)(=S)OC[C@H]2O[C@H]([C@H](F)[C@@H]2O1)n1cnc2c(ncnc21)CC/C=C/CNc1ncnc2c1ncn23. The Morgan fingerprint density at radius 1 is 0.833 bits per heavy atom. The van der Waals surface area contributed by atoms with E-state index in [9.17, 15) is 14.4 Å². The van der Waals surface area contributed by atoms with Crippen molar-refractivity contribution in [3.8, 4) is 0 Å². The molecule has 9 rings (SSSR count). The van der Waals surface area contributed by atoms with Crippen molar-refractivity contribution in [1.82, 2.24) is 39.0 Å². The second-order valence-corrected chi connectivity index (χ2v) is 15.5. The van der Waals surface area contributed by atoms with E-state index in [-0.39, 0.29) is 11.3 Å². The molecule has 23 heteroatoms. The molecule has 3 N–H and O–H groups in total. The van der Waals surface area contributed by atoms with E-state index < -0.39 is 77.0 Å². The van der Waals surface area contributed by atoms with E-state index in [2.05, 4.69) is 35.2 Å². The van der Waals surface area contributed by atoms with Gasteiger partial charge in [-0.05, 0) is 24.6 Å². The van der Waals surface area contributed by atoms with Gasteiger partial charge in [-0.3, -0.25) is 22.7 Å². The molecule has 0 aliphatic carbocycles. The fraction of sp³-hybridized carbons (Fsp3) is 0.520. The van der Waals surface area contributed by atoms with Gasteiger partial charge in [0.2, 0.25) is 0 Å². The fourth-order valence-electron chi connectivity index (χ4n) is 6.07. The minimum atomic E-state index is -5.06. The maximum atomic E-state index is 16.2. The first kappa shape index (κ1) is 32.3. The Morgan fingerprint density at radius 2 is 1.46 bits per heavy atom. The van der Waals surface area contributed by atoms with E-state index in [0.29, 0.717) is 41.9 Å². The predicted octanol–water partition coefficient (Wildman–Crippen LogP) is 2.19. The molecule has 18 nitrogen and oxygen atoms in total. The third-order valence-electron chi connectivity index (χ3n) is 8.29. The number of imidazole rings is 2. The lowest BCUT2D eigenvalue weighted by Crippen LogP contribution is -2.37. The smallest absolute Gasteiger partial charge is 0.365 e. The summed E-state index contributed by atoms with van der Waals surface area (Å²) in [6, 6.07) is 0. The number of alkyl halides is 2. The van der Waals surface area contributed by atoms with E-state index in [1.807, 2.05) is 12.2 Å². The number of fused-ring (bicyclic) bond motifs is 10. The number of nitrogens with zero attached hydrogens (tertiary/aromatic N) is 8. The van der Waals surface area contributed by atoms with Gasteiger partial charge in [-0.1, -0.05) is 12.2 Å². The highest BCUT2D eigenvalue weighted by Gasteiger charge is 2.54. The molecule has 0 radical (unpaired) electrons. The largest absolute Gasteiger partial charge is 0.472 e. The molecule has 9 heterocycles. The highest BCUT2D eigenvalue weighted by atomic mass is 32.5. The summed E-state index contributed by atoms with van der Waals surface area (Å²) >= 11 is 5.19. The Morgan fingerprint density at radius 3 is 2.19 bits per heavy atom. The number of aryl methyl sites for hydroxylation is 1. The summed E-state index contributed by atoms with van der Waals surface area (Å²) in [6.45, 7) is -5.35. The van der Waals surface area contributed by atoms with Crippen molar-refractivity contribution >= 4 is 54.5 Å². The van der Waals surface area contributed by atoms with Gasteiger partial charge in [-0.25, -0.2) is 43.2 Å². The predicted molar refractivity (Wildman–Crippen MR) is 162 cm³/mol. The molecule has 3 saturated heterocycles. The van der Waals surface area contributed by atoms with Gasteiger partial charge in [0.05, 0.1) is 31.6 Å². The average Bonchev–Trinajstić information content (AvgIpc) is 3.81. The van der Waals surface area contributed by atoms with Gasteiger partial charge in [-0.2, -0.15) is 0 Å². The minimum Gasteiger partial charge on any atom is -0.365 e. The second kappa shape index (κ2) is 12.4. The van der Waals surface area contributed by atoms with Crippen molar-refractivity contribution in [2.45, 2.75) is 62.1 Å². The fourth-order valence-corrected chi connectivity index (χ4v) is 8.47. The van der Waals surface area contributed by atoms with Crippen LogP contribution in [0.4, 0.5) is 14.6 Å². The Hall–Kier alpha value is -2.94. The zero-order valence-corrected chi connectivity index (χ0v) is 27.1. The third kappa shape index (κ3) is 5.86. The lowest BCUT2D eigenvalue weighted by Gasteiger charge is -2.28. The van der Waals surface area contributed by atoms with Crippen LogP contribution in [-0.2, 0) is 50.4 Å². The number of aromatic nitrogens is 8. The molecule has 0 aromatic carbocycles. The second-order valence-electron chi connectivity index (χ2n) is 11.3. The molecule has 4 aromatic rings. The van der Waals surface area contributed by atoms with Crippen molar-refractivity contribution < 1.29 is 50.7 Å². The molecule has 3 fully saturated rings. The standard InChI is InChI=1S/C25H27F2N9O9P2S/c26-15-19-14-7-41-47(39,48)45-20-13(6-40-46(37,38)44-19)42-25(16(20)27)36-11-34-18-21(30-9-32-23(18)36)28-5-3-1-2-4-12-17-22(31-8-29-12)35(10-33-17)24(15)43-14/h1,3,8-11,13-16,19-20,24-25H,2,4-7H2,(H,37,38)(H,39,48)(H,28,30,32)/b3-1+/t13-,14-,15-,16-,19-,20-,24-,25-,47?/m1/s1. The zero-order valence-electron chi connectivity index (χ0n) is 24.5. The zero-order chi connectivity index (χ0) is 33.2. The van der Waals surface area contributed by atoms with E-state index >= 15 is 8.78 Å². The monoisotopic (exact) mass is 729 g/mol.